The average Bonchev–Trinajstić information content (AvgIpc) is 2.80. The van der Waals surface area contributed by atoms with Gasteiger partial charge < -0.3 is 10.2 Å². The van der Waals surface area contributed by atoms with Crippen LogP contribution in [0.1, 0.15) is 12.0 Å². The molecule has 1 aromatic carbocycles. The van der Waals surface area contributed by atoms with E-state index < -0.39 is 15.9 Å². The van der Waals surface area contributed by atoms with Crippen LogP contribution in [0, 0.1) is 0 Å². The van der Waals surface area contributed by atoms with Crippen LogP contribution in [0.25, 0.3) is 0 Å². The van der Waals surface area contributed by atoms with Crippen molar-refractivity contribution in [2.24, 2.45) is 0 Å². The van der Waals surface area contributed by atoms with Crippen molar-refractivity contribution in [1.82, 2.24) is 4.90 Å². The molecule has 1 aromatic rings. The summed E-state index contributed by atoms with van der Waals surface area (Å²) in [6.45, 7) is 0.331. The Kier molecular flexibility index (Phi) is 5.62. The van der Waals surface area contributed by atoms with Crippen molar-refractivity contribution < 1.29 is 18.6 Å². The number of nitrogens with zero attached hydrogens (tertiary/aromatic N) is 1. The van der Waals surface area contributed by atoms with E-state index in [4.69, 9.17) is 16.7 Å². The van der Waals surface area contributed by atoms with Gasteiger partial charge in [-0.2, -0.15) is 0 Å². The van der Waals surface area contributed by atoms with Crippen molar-refractivity contribution in [3.8, 4) is 0 Å². The Hall–Kier alpha value is -0.660. The second-order valence-electron chi connectivity index (χ2n) is 5.41. The van der Waals surface area contributed by atoms with Crippen molar-refractivity contribution in [1.29, 1.82) is 0 Å². The van der Waals surface area contributed by atoms with Gasteiger partial charge in [-0.15, -0.1) is 0 Å². The van der Waals surface area contributed by atoms with Gasteiger partial charge in [-0.3, -0.25) is 4.90 Å². The number of sulfone groups is 1. The summed E-state index contributed by atoms with van der Waals surface area (Å²) in [5.74, 6) is 0.265. The summed E-state index contributed by atoms with van der Waals surface area (Å²) in [4.78, 5) is 1.90. The summed E-state index contributed by atoms with van der Waals surface area (Å²) in [6, 6.07) is 7.21. The monoisotopic (exact) mass is 333 g/mol. The first-order chi connectivity index (χ1) is 9.91. The van der Waals surface area contributed by atoms with E-state index in [0.29, 0.717) is 18.0 Å². The molecule has 2 rings (SSSR count). The van der Waals surface area contributed by atoms with Gasteiger partial charge >= 0.3 is 0 Å². The minimum absolute atomic E-state index is 0.0929. The Morgan fingerprint density at radius 2 is 2.10 bits per heavy atom. The van der Waals surface area contributed by atoms with Crippen LogP contribution >= 0.6 is 11.6 Å². The zero-order valence-electron chi connectivity index (χ0n) is 11.7. The molecule has 0 aliphatic carbocycles. The fraction of sp³-hybridized carbons (Fsp3) is 0.571. The average molecular weight is 334 g/mol. The van der Waals surface area contributed by atoms with E-state index >= 15 is 0 Å². The number of halogens is 1. The van der Waals surface area contributed by atoms with E-state index in [-0.39, 0.29) is 30.7 Å². The third-order valence-electron chi connectivity index (χ3n) is 3.71. The zero-order valence-corrected chi connectivity index (χ0v) is 13.2. The third kappa shape index (κ3) is 4.66. The number of aliphatic hydroxyl groups excluding tert-OH is 2. The van der Waals surface area contributed by atoms with Crippen molar-refractivity contribution in [3.05, 3.63) is 34.9 Å². The van der Waals surface area contributed by atoms with Crippen LogP contribution in [-0.2, 0) is 16.4 Å². The Balaban J connectivity index is 2.14. The van der Waals surface area contributed by atoms with Gasteiger partial charge in [-0.05, 0) is 18.1 Å². The summed E-state index contributed by atoms with van der Waals surface area (Å²) in [6.07, 6.45) is -0.346. The lowest BCUT2D eigenvalue weighted by Gasteiger charge is -2.30. The van der Waals surface area contributed by atoms with Crippen LogP contribution in [0.5, 0.6) is 0 Å². The van der Waals surface area contributed by atoms with Gasteiger partial charge in [0.1, 0.15) is 0 Å². The molecule has 118 valence electrons. The number of rotatable bonds is 6. The molecule has 1 fully saturated rings. The summed E-state index contributed by atoms with van der Waals surface area (Å²) in [7, 11) is -3.00. The minimum Gasteiger partial charge on any atom is -0.394 e. The van der Waals surface area contributed by atoms with Crippen LogP contribution in [0.3, 0.4) is 0 Å². The van der Waals surface area contributed by atoms with Crippen LogP contribution in [0.2, 0.25) is 5.02 Å². The highest BCUT2D eigenvalue weighted by atomic mass is 35.5. The van der Waals surface area contributed by atoms with Gasteiger partial charge in [0.05, 0.1) is 24.2 Å². The lowest BCUT2D eigenvalue weighted by Crippen LogP contribution is -2.41. The molecule has 0 spiro atoms. The largest absolute Gasteiger partial charge is 0.394 e. The second kappa shape index (κ2) is 7.07. The second-order valence-corrected chi connectivity index (χ2v) is 8.05. The molecule has 21 heavy (non-hydrogen) atoms. The fourth-order valence-corrected chi connectivity index (χ4v) is 4.54. The van der Waals surface area contributed by atoms with Gasteiger partial charge in [0, 0.05) is 24.2 Å². The number of aliphatic hydroxyl groups is 2. The maximum atomic E-state index is 11.7. The lowest BCUT2D eigenvalue weighted by atomic mass is 10.1. The third-order valence-corrected chi connectivity index (χ3v) is 5.83. The maximum absolute atomic E-state index is 11.7. The van der Waals surface area contributed by atoms with Gasteiger partial charge in [0.2, 0.25) is 0 Å². The quantitative estimate of drug-likeness (QED) is 0.800. The van der Waals surface area contributed by atoms with E-state index in [9.17, 15) is 13.5 Å². The number of hydrogen-bond donors (Lipinski definition) is 2. The fourth-order valence-electron chi connectivity index (χ4n) is 2.58. The van der Waals surface area contributed by atoms with E-state index in [1.54, 1.807) is 6.07 Å². The first kappa shape index (κ1) is 16.7. The molecule has 1 heterocycles. The maximum Gasteiger partial charge on any atom is 0.151 e. The van der Waals surface area contributed by atoms with Gasteiger partial charge in [-0.25, -0.2) is 8.42 Å². The van der Waals surface area contributed by atoms with Crippen molar-refractivity contribution >= 4 is 21.4 Å². The molecule has 1 saturated heterocycles. The van der Waals surface area contributed by atoms with Gasteiger partial charge in [0.15, 0.2) is 9.84 Å². The standard InChI is InChI=1S/C14H20ClNO4S/c15-14-4-2-1-3-11(14)7-16(8-13(18)9-17)12-5-6-21(19,20)10-12/h1-4,12-13,17-18H,5-10H2/t12-,13-/m0/s1. The van der Waals surface area contributed by atoms with E-state index in [0.717, 1.165) is 5.56 Å². The molecule has 0 saturated carbocycles. The number of hydrogen-bond acceptors (Lipinski definition) is 5. The smallest absolute Gasteiger partial charge is 0.151 e. The Morgan fingerprint density at radius 3 is 2.67 bits per heavy atom. The predicted molar refractivity (Wildman–Crippen MR) is 82.0 cm³/mol. The van der Waals surface area contributed by atoms with Crippen LogP contribution in [0.4, 0.5) is 0 Å². The molecule has 0 radical (unpaired) electrons. The Bertz CT molecular complexity index is 578. The molecule has 7 heteroatoms. The van der Waals surface area contributed by atoms with Crippen LogP contribution in [-0.4, -0.2) is 60.3 Å². The first-order valence-electron chi connectivity index (χ1n) is 6.88. The SMILES string of the molecule is O=S1(=O)CC[C@H](N(Cc2ccccc2Cl)C[C@H](O)CO)C1. The molecule has 1 aliphatic heterocycles. The predicted octanol–water partition coefficient (Wildman–Crippen LogP) is 0.682. The highest BCUT2D eigenvalue weighted by molar-refractivity contribution is 7.91. The highest BCUT2D eigenvalue weighted by Crippen LogP contribution is 2.23. The van der Waals surface area contributed by atoms with E-state index in [1.165, 1.54) is 0 Å². The van der Waals surface area contributed by atoms with E-state index in [2.05, 4.69) is 0 Å². The van der Waals surface area contributed by atoms with Crippen LogP contribution in [0.15, 0.2) is 24.3 Å². The first-order valence-corrected chi connectivity index (χ1v) is 9.08. The topological polar surface area (TPSA) is 77.8 Å². The number of benzene rings is 1. The van der Waals surface area contributed by atoms with Crippen molar-refractivity contribution in [2.45, 2.75) is 25.1 Å². The molecule has 0 unspecified atom stereocenters. The summed E-state index contributed by atoms with van der Waals surface area (Å²) in [5.41, 5.74) is 0.883. The molecular weight excluding hydrogens is 314 g/mol. The van der Waals surface area contributed by atoms with Crippen molar-refractivity contribution in [2.75, 3.05) is 24.7 Å². The van der Waals surface area contributed by atoms with Gasteiger partial charge in [0.25, 0.3) is 0 Å². The van der Waals surface area contributed by atoms with Gasteiger partial charge in [-0.1, -0.05) is 29.8 Å². The summed E-state index contributed by atoms with van der Waals surface area (Å²) >= 11 is 6.14. The van der Waals surface area contributed by atoms with Crippen molar-refractivity contribution in [3.63, 3.8) is 0 Å². The minimum atomic E-state index is -3.00. The Labute approximate surface area is 130 Å². The molecule has 0 amide bonds. The Morgan fingerprint density at radius 1 is 1.38 bits per heavy atom. The zero-order chi connectivity index (χ0) is 15.5. The highest BCUT2D eigenvalue weighted by Gasteiger charge is 2.33. The molecule has 1 aliphatic rings. The summed E-state index contributed by atoms with van der Waals surface area (Å²) < 4.78 is 23.3. The molecule has 0 bridgehead atoms. The molecule has 2 atom stereocenters. The van der Waals surface area contributed by atoms with Crippen LogP contribution < -0.4 is 0 Å². The molecule has 5 nitrogen and oxygen atoms in total. The van der Waals surface area contributed by atoms with E-state index in [1.807, 2.05) is 23.1 Å². The molecular formula is C14H20ClNO4S. The normalized spacial score (nSPS) is 22.6. The molecule has 2 N–H and O–H groups in total. The summed E-state index contributed by atoms with van der Waals surface area (Å²) in [5, 5.41) is 19.3. The lowest BCUT2D eigenvalue weighted by molar-refractivity contribution is 0.0447. The molecule has 0 aromatic heterocycles.